The number of aliphatic hydroxyl groups excluding tert-OH is 1. The molecule has 0 fully saturated rings. The first kappa shape index (κ1) is 13.0. The Hall–Kier alpha value is -0.0900. The van der Waals surface area contributed by atoms with Crippen molar-refractivity contribution in [3.05, 3.63) is 24.1 Å². The summed E-state index contributed by atoms with van der Waals surface area (Å²) in [6.45, 7) is 0.529. The van der Waals surface area contributed by atoms with Crippen molar-refractivity contribution in [1.29, 1.82) is 0 Å². The maximum absolute atomic E-state index is 9.59. The summed E-state index contributed by atoms with van der Waals surface area (Å²) in [7, 11) is 1.51. The SMILES string of the molecule is COC(CC(Cl)(Cl)Cl)N1CC=CC=C1O. The predicted molar refractivity (Wildman–Crippen MR) is 62.3 cm³/mol. The van der Waals surface area contributed by atoms with Crippen LogP contribution < -0.4 is 0 Å². The Morgan fingerprint density at radius 3 is 2.73 bits per heavy atom. The van der Waals surface area contributed by atoms with Crippen LogP contribution in [0.4, 0.5) is 0 Å². The van der Waals surface area contributed by atoms with Crippen LogP contribution in [-0.4, -0.2) is 33.7 Å². The molecule has 0 aromatic rings. The van der Waals surface area contributed by atoms with Crippen LogP contribution in [0.3, 0.4) is 0 Å². The van der Waals surface area contributed by atoms with Crippen molar-refractivity contribution in [3.8, 4) is 0 Å². The maximum atomic E-state index is 9.59. The van der Waals surface area contributed by atoms with Crippen molar-refractivity contribution >= 4 is 34.8 Å². The number of nitrogens with zero attached hydrogens (tertiary/aromatic N) is 1. The third-order valence-corrected chi connectivity index (χ3v) is 2.47. The van der Waals surface area contributed by atoms with Crippen molar-refractivity contribution in [3.63, 3.8) is 0 Å². The lowest BCUT2D eigenvalue weighted by Gasteiger charge is -2.33. The van der Waals surface area contributed by atoms with Gasteiger partial charge in [-0.1, -0.05) is 47.0 Å². The standard InChI is InChI=1S/C9H12Cl3NO2/c1-15-8(6-9(10,11)12)13-5-3-2-4-7(13)14/h2-4,8,14H,5-6H2,1H3. The molecule has 0 aliphatic carbocycles. The zero-order valence-corrected chi connectivity index (χ0v) is 10.4. The van der Waals surface area contributed by atoms with Gasteiger partial charge in [-0.2, -0.15) is 0 Å². The highest BCUT2D eigenvalue weighted by atomic mass is 35.6. The highest BCUT2D eigenvalue weighted by Crippen LogP contribution is 2.33. The van der Waals surface area contributed by atoms with Crippen molar-refractivity contribution in [1.82, 2.24) is 4.90 Å². The van der Waals surface area contributed by atoms with Crippen molar-refractivity contribution < 1.29 is 9.84 Å². The van der Waals surface area contributed by atoms with Gasteiger partial charge in [-0.15, -0.1) is 0 Å². The van der Waals surface area contributed by atoms with E-state index in [1.54, 1.807) is 17.1 Å². The molecule has 3 nitrogen and oxygen atoms in total. The van der Waals surface area contributed by atoms with E-state index in [4.69, 9.17) is 39.5 Å². The minimum absolute atomic E-state index is 0.110. The van der Waals surface area contributed by atoms with Crippen molar-refractivity contribution in [2.75, 3.05) is 13.7 Å². The number of aliphatic hydroxyl groups is 1. The minimum Gasteiger partial charge on any atom is -0.495 e. The molecule has 0 aromatic heterocycles. The third-order valence-electron chi connectivity index (χ3n) is 2.00. The molecule has 1 aliphatic heterocycles. The molecule has 1 heterocycles. The topological polar surface area (TPSA) is 32.7 Å². The molecule has 0 spiro atoms. The second-order valence-corrected chi connectivity index (χ2v) is 5.63. The fraction of sp³-hybridized carbons (Fsp3) is 0.556. The van der Waals surface area contributed by atoms with Crippen LogP contribution in [0, 0.1) is 0 Å². The highest BCUT2D eigenvalue weighted by molar-refractivity contribution is 6.67. The Bertz CT molecular complexity index is 273. The molecule has 1 N–H and O–H groups in total. The van der Waals surface area contributed by atoms with Crippen LogP contribution in [0.1, 0.15) is 6.42 Å². The number of allylic oxidation sites excluding steroid dienone is 2. The average molecular weight is 273 g/mol. The summed E-state index contributed by atoms with van der Waals surface area (Å²) in [5, 5.41) is 9.59. The lowest BCUT2D eigenvalue weighted by Crippen LogP contribution is -2.39. The van der Waals surface area contributed by atoms with Crippen LogP contribution in [0.15, 0.2) is 24.1 Å². The van der Waals surface area contributed by atoms with Gasteiger partial charge in [0.15, 0.2) is 9.68 Å². The number of ether oxygens (including phenoxy) is 1. The maximum Gasteiger partial charge on any atom is 0.194 e. The van der Waals surface area contributed by atoms with E-state index in [0.29, 0.717) is 6.54 Å². The van der Waals surface area contributed by atoms with Gasteiger partial charge in [0.25, 0.3) is 0 Å². The summed E-state index contributed by atoms with van der Waals surface area (Å²) < 4.78 is 3.77. The molecular weight excluding hydrogens is 260 g/mol. The van der Waals surface area contributed by atoms with E-state index in [-0.39, 0.29) is 12.3 Å². The molecule has 0 saturated carbocycles. The summed E-state index contributed by atoms with van der Waals surface area (Å²) in [5.74, 6) is 0.110. The van der Waals surface area contributed by atoms with E-state index in [1.807, 2.05) is 6.08 Å². The van der Waals surface area contributed by atoms with Gasteiger partial charge in [0, 0.05) is 20.1 Å². The van der Waals surface area contributed by atoms with Crippen LogP contribution in [-0.2, 0) is 4.74 Å². The van der Waals surface area contributed by atoms with Gasteiger partial charge in [0.05, 0.1) is 0 Å². The second-order valence-electron chi connectivity index (χ2n) is 3.12. The Morgan fingerprint density at radius 1 is 1.60 bits per heavy atom. The van der Waals surface area contributed by atoms with Crippen LogP contribution in [0.2, 0.25) is 0 Å². The molecule has 1 aliphatic rings. The van der Waals surface area contributed by atoms with E-state index < -0.39 is 10.0 Å². The molecule has 86 valence electrons. The molecule has 0 amide bonds. The third kappa shape index (κ3) is 4.11. The molecule has 0 radical (unpaired) electrons. The smallest absolute Gasteiger partial charge is 0.194 e. The Kier molecular flexibility index (Phi) is 4.59. The quantitative estimate of drug-likeness (QED) is 0.802. The average Bonchev–Trinajstić information content (AvgIpc) is 2.14. The molecule has 15 heavy (non-hydrogen) atoms. The first-order valence-electron chi connectivity index (χ1n) is 4.36. The minimum atomic E-state index is -1.40. The molecule has 0 saturated heterocycles. The Balaban J connectivity index is 2.67. The summed E-state index contributed by atoms with van der Waals surface area (Å²) >= 11 is 17.0. The van der Waals surface area contributed by atoms with Gasteiger partial charge in [0.2, 0.25) is 0 Å². The summed E-state index contributed by atoms with van der Waals surface area (Å²) in [4.78, 5) is 1.61. The van der Waals surface area contributed by atoms with Crippen LogP contribution >= 0.6 is 34.8 Å². The van der Waals surface area contributed by atoms with Crippen LogP contribution in [0.5, 0.6) is 0 Å². The highest BCUT2D eigenvalue weighted by Gasteiger charge is 2.30. The number of methoxy groups -OCH3 is 1. The van der Waals surface area contributed by atoms with Gasteiger partial charge in [0.1, 0.15) is 6.23 Å². The van der Waals surface area contributed by atoms with Gasteiger partial charge < -0.3 is 14.7 Å². The summed E-state index contributed by atoms with van der Waals surface area (Å²) in [6, 6.07) is 0. The molecular formula is C9H12Cl3NO2. The largest absolute Gasteiger partial charge is 0.495 e. The monoisotopic (exact) mass is 271 g/mol. The molecule has 1 rings (SSSR count). The number of hydrogen-bond acceptors (Lipinski definition) is 3. The van der Waals surface area contributed by atoms with Gasteiger partial charge >= 0.3 is 0 Å². The summed E-state index contributed by atoms with van der Waals surface area (Å²) in [5.41, 5.74) is 0. The van der Waals surface area contributed by atoms with E-state index in [2.05, 4.69) is 0 Å². The van der Waals surface area contributed by atoms with Gasteiger partial charge in [-0.05, 0) is 6.08 Å². The molecule has 1 unspecified atom stereocenters. The summed E-state index contributed by atoms with van der Waals surface area (Å²) in [6.07, 6.45) is 4.92. The fourth-order valence-electron chi connectivity index (χ4n) is 1.30. The lowest BCUT2D eigenvalue weighted by atomic mass is 10.3. The Morgan fingerprint density at radius 2 is 2.27 bits per heavy atom. The van der Waals surface area contributed by atoms with E-state index in [0.717, 1.165) is 0 Å². The normalized spacial score (nSPS) is 18.9. The number of hydrogen-bond donors (Lipinski definition) is 1. The van der Waals surface area contributed by atoms with E-state index >= 15 is 0 Å². The first-order chi connectivity index (χ1) is 6.94. The van der Waals surface area contributed by atoms with E-state index in [1.165, 1.54) is 7.11 Å². The lowest BCUT2D eigenvalue weighted by molar-refractivity contribution is -0.0350. The number of halogens is 3. The Labute approximate surface area is 104 Å². The molecule has 0 aromatic carbocycles. The zero-order valence-electron chi connectivity index (χ0n) is 8.16. The second kappa shape index (κ2) is 5.30. The molecule has 0 bridgehead atoms. The first-order valence-corrected chi connectivity index (χ1v) is 5.49. The number of rotatable bonds is 3. The zero-order chi connectivity index (χ0) is 11.5. The van der Waals surface area contributed by atoms with Crippen molar-refractivity contribution in [2.45, 2.75) is 16.4 Å². The van der Waals surface area contributed by atoms with Gasteiger partial charge in [-0.25, -0.2) is 0 Å². The molecule has 6 heteroatoms. The van der Waals surface area contributed by atoms with E-state index in [9.17, 15) is 5.11 Å². The predicted octanol–water partition coefficient (Wildman–Crippen LogP) is 2.99. The molecule has 1 atom stereocenters. The van der Waals surface area contributed by atoms with Crippen molar-refractivity contribution in [2.24, 2.45) is 0 Å². The number of alkyl halides is 3. The van der Waals surface area contributed by atoms with Crippen LogP contribution in [0.25, 0.3) is 0 Å². The van der Waals surface area contributed by atoms with Gasteiger partial charge in [-0.3, -0.25) is 0 Å². The fourth-order valence-corrected chi connectivity index (χ4v) is 1.70.